The summed E-state index contributed by atoms with van der Waals surface area (Å²) in [6.45, 7) is 4.76. The van der Waals surface area contributed by atoms with Crippen LogP contribution in [-0.4, -0.2) is 46.5 Å². The smallest absolute Gasteiger partial charge is 0.220 e. The molecule has 1 saturated heterocycles. The second-order valence-corrected chi connectivity index (χ2v) is 5.91. The van der Waals surface area contributed by atoms with Gasteiger partial charge in [-0.25, -0.2) is 4.98 Å². The molecule has 0 bridgehead atoms. The average Bonchev–Trinajstić information content (AvgIpc) is 2.94. The van der Waals surface area contributed by atoms with Crippen LogP contribution < -0.4 is 5.32 Å². The first kappa shape index (κ1) is 16.0. The molecule has 0 aliphatic carbocycles. The van der Waals surface area contributed by atoms with Gasteiger partial charge >= 0.3 is 0 Å². The van der Waals surface area contributed by atoms with E-state index >= 15 is 0 Å². The molecule has 1 aromatic rings. The Bertz CT molecular complexity index is 443. The third-order valence-corrected chi connectivity index (χ3v) is 4.42. The van der Waals surface area contributed by atoms with Crippen molar-refractivity contribution in [1.82, 2.24) is 19.8 Å². The number of amides is 1. The van der Waals surface area contributed by atoms with E-state index in [2.05, 4.69) is 33.7 Å². The van der Waals surface area contributed by atoms with E-state index < -0.39 is 0 Å². The van der Waals surface area contributed by atoms with Crippen molar-refractivity contribution in [2.45, 2.75) is 58.0 Å². The Labute approximate surface area is 127 Å². The van der Waals surface area contributed by atoms with Crippen LogP contribution in [0.3, 0.4) is 0 Å². The summed E-state index contributed by atoms with van der Waals surface area (Å²) in [4.78, 5) is 18.6. The first-order valence-electron chi connectivity index (χ1n) is 8.17. The first-order chi connectivity index (χ1) is 10.2. The Morgan fingerprint density at radius 3 is 3.10 bits per heavy atom. The molecule has 1 aromatic heterocycles. The molecule has 0 saturated carbocycles. The van der Waals surface area contributed by atoms with E-state index in [1.807, 2.05) is 12.4 Å². The lowest BCUT2D eigenvalue weighted by molar-refractivity contribution is -0.121. The van der Waals surface area contributed by atoms with Gasteiger partial charge in [-0.2, -0.15) is 0 Å². The maximum atomic E-state index is 11.9. The maximum Gasteiger partial charge on any atom is 0.220 e. The van der Waals surface area contributed by atoms with Gasteiger partial charge in [0.05, 0.1) is 0 Å². The first-order valence-corrected chi connectivity index (χ1v) is 8.17. The highest BCUT2D eigenvalue weighted by Gasteiger charge is 2.19. The van der Waals surface area contributed by atoms with Crippen LogP contribution in [0.2, 0.25) is 0 Å². The predicted octanol–water partition coefficient (Wildman–Crippen LogP) is 1.83. The molecule has 1 aliphatic heterocycles. The Hall–Kier alpha value is -1.36. The van der Waals surface area contributed by atoms with Crippen molar-refractivity contribution in [1.29, 1.82) is 0 Å². The number of hydrogen-bond donors (Lipinski definition) is 1. The predicted molar refractivity (Wildman–Crippen MR) is 84.1 cm³/mol. The number of carbonyl (C=O) groups excluding carboxylic acids is 1. The summed E-state index contributed by atoms with van der Waals surface area (Å²) >= 11 is 0. The molecule has 5 heteroatoms. The molecule has 2 heterocycles. The van der Waals surface area contributed by atoms with Gasteiger partial charge in [0, 0.05) is 44.4 Å². The van der Waals surface area contributed by atoms with Crippen molar-refractivity contribution < 1.29 is 4.79 Å². The lowest BCUT2D eigenvalue weighted by atomic mass is 9.98. The van der Waals surface area contributed by atoms with Gasteiger partial charge in [-0.15, -0.1) is 0 Å². The molecule has 0 spiro atoms. The van der Waals surface area contributed by atoms with E-state index in [1.54, 1.807) is 0 Å². The topological polar surface area (TPSA) is 50.2 Å². The molecule has 0 radical (unpaired) electrons. The number of nitrogens with one attached hydrogen (secondary N) is 1. The number of aromatic nitrogens is 2. The van der Waals surface area contributed by atoms with Crippen LogP contribution in [0, 0.1) is 0 Å². The van der Waals surface area contributed by atoms with Gasteiger partial charge < -0.3 is 14.8 Å². The summed E-state index contributed by atoms with van der Waals surface area (Å²) in [5.41, 5.74) is 0. The van der Waals surface area contributed by atoms with Crippen molar-refractivity contribution in [2.75, 3.05) is 20.1 Å². The summed E-state index contributed by atoms with van der Waals surface area (Å²) in [7, 11) is 2.17. The van der Waals surface area contributed by atoms with E-state index in [0.717, 1.165) is 25.2 Å². The van der Waals surface area contributed by atoms with Crippen molar-refractivity contribution in [3.05, 3.63) is 18.2 Å². The fraction of sp³-hybridized carbons (Fsp3) is 0.750. The van der Waals surface area contributed by atoms with E-state index in [1.165, 1.54) is 25.8 Å². The normalized spacial score (nSPS) is 19.6. The van der Waals surface area contributed by atoms with Crippen LogP contribution in [0.25, 0.3) is 0 Å². The molecule has 0 unspecified atom stereocenters. The van der Waals surface area contributed by atoms with Gasteiger partial charge in [-0.05, 0) is 32.9 Å². The van der Waals surface area contributed by atoms with Crippen LogP contribution in [0.1, 0.15) is 44.9 Å². The number of carbonyl (C=O) groups is 1. The number of rotatable bonds is 7. The third kappa shape index (κ3) is 4.84. The Morgan fingerprint density at radius 1 is 1.48 bits per heavy atom. The van der Waals surface area contributed by atoms with Crippen LogP contribution >= 0.6 is 0 Å². The minimum Gasteiger partial charge on any atom is -0.354 e. The van der Waals surface area contributed by atoms with Gasteiger partial charge in [-0.1, -0.05) is 13.3 Å². The van der Waals surface area contributed by atoms with Gasteiger partial charge in [0.2, 0.25) is 5.91 Å². The fourth-order valence-corrected chi connectivity index (χ4v) is 3.07. The molecule has 1 atom stereocenters. The van der Waals surface area contributed by atoms with Crippen molar-refractivity contribution in [2.24, 2.45) is 0 Å². The Kier molecular flexibility index (Phi) is 6.23. The summed E-state index contributed by atoms with van der Waals surface area (Å²) < 4.78 is 2.11. The highest BCUT2D eigenvalue weighted by molar-refractivity contribution is 5.75. The van der Waals surface area contributed by atoms with Crippen LogP contribution in [-0.2, 0) is 17.8 Å². The van der Waals surface area contributed by atoms with Gasteiger partial charge in [0.1, 0.15) is 5.82 Å². The van der Waals surface area contributed by atoms with E-state index in [0.29, 0.717) is 19.0 Å². The number of aryl methyl sites for hydroxylation is 1. The molecule has 1 aliphatic rings. The van der Waals surface area contributed by atoms with Gasteiger partial charge in [-0.3, -0.25) is 4.79 Å². The largest absolute Gasteiger partial charge is 0.354 e. The molecule has 1 amide bonds. The summed E-state index contributed by atoms with van der Waals surface area (Å²) in [5.74, 6) is 1.25. The summed E-state index contributed by atoms with van der Waals surface area (Å²) in [5, 5.41) is 3.02. The number of likely N-dealkylation sites (tertiary alicyclic amines) is 1. The fourth-order valence-electron chi connectivity index (χ4n) is 3.07. The highest BCUT2D eigenvalue weighted by Crippen LogP contribution is 2.18. The van der Waals surface area contributed by atoms with E-state index in [-0.39, 0.29) is 5.91 Å². The highest BCUT2D eigenvalue weighted by atomic mass is 16.1. The lowest BCUT2D eigenvalue weighted by Gasteiger charge is -2.32. The molecule has 21 heavy (non-hydrogen) atoms. The van der Waals surface area contributed by atoms with Crippen molar-refractivity contribution >= 4 is 5.91 Å². The Balaban J connectivity index is 1.63. The van der Waals surface area contributed by atoms with E-state index in [9.17, 15) is 4.79 Å². The molecular weight excluding hydrogens is 264 g/mol. The van der Waals surface area contributed by atoms with Crippen LogP contribution in [0.4, 0.5) is 0 Å². The second kappa shape index (κ2) is 8.17. The van der Waals surface area contributed by atoms with Crippen LogP contribution in [0.15, 0.2) is 12.4 Å². The van der Waals surface area contributed by atoms with Gasteiger partial charge in [0.15, 0.2) is 0 Å². The number of nitrogens with zero attached hydrogens (tertiary/aromatic N) is 3. The summed E-state index contributed by atoms with van der Waals surface area (Å²) in [6, 6.07) is 0.588. The molecular formula is C16H28N4O. The summed E-state index contributed by atoms with van der Waals surface area (Å²) in [6.07, 6.45) is 10.2. The minimum atomic E-state index is 0.173. The molecule has 1 N–H and O–H groups in total. The SMILES string of the molecule is CCc1nccn1CCNC(=O)CC[C@H]1CCCCN1C. The average molecular weight is 292 g/mol. The Morgan fingerprint density at radius 2 is 2.33 bits per heavy atom. The zero-order valence-electron chi connectivity index (χ0n) is 13.3. The van der Waals surface area contributed by atoms with E-state index in [4.69, 9.17) is 0 Å². The lowest BCUT2D eigenvalue weighted by Crippen LogP contribution is -2.37. The zero-order chi connectivity index (χ0) is 15.1. The molecule has 2 rings (SSSR count). The molecule has 0 aromatic carbocycles. The number of hydrogen-bond acceptors (Lipinski definition) is 3. The second-order valence-electron chi connectivity index (χ2n) is 5.91. The van der Waals surface area contributed by atoms with Crippen molar-refractivity contribution in [3.8, 4) is 0 Å². The zero-order valence-corrected chi connectivity index (χ0v) is 13.3. The molecule has 118 valence electrons. The number of piperidine rings is 1. The molecule has 5 nitrogen and oxygen atoms in total. The maximum absolute atomic E-state index is 11.9. The quantitative estimate of drug-likeness (QED) is 0.834. The van der Waals surface area contributed by atoms with Crippen molar-refractivity contribution in [3.63, 3.8) is 0 Å². The molecule has 1 fully saturated rings. The van der Waals surface area contributed by atoms with Crippen LogP contribution in [0.5, 0.6) is 0 Å². The standard InChI is InChI=1S/C16H28N4O/c1-3-15-17-9-12-20(15)13-10-18-16(21)8-7-14-6-4-5-11-19(14)2/h9,12,14H,3-8,10-11,13H2,1-2H3,(H,18,21)/t14-/m1/s1. The third-order valence-electron chi connectivity index (χ3n) is 4.42. The monoisotopic (exact) mass is 292 g/mol. The number of imidazole rings is 1. The van der Waals surface area contributed by atoms with Gasteiger partial charge in [0.25, 0.3) is 0 Å². The minimum absolute atomic E-state index is 0.173.